The SMILES string of the molecule is O=S(=O)(CC1CCCO1)NCC1CCCCC1CCl. The lowest BCUT2D eigenvalue weighted by molar-refractivity contribution is 0.127. The van der Waals surface area contributed by atoms with Gasteiger partial charge in [-0.15, -0.1) is 11.6 Å². The van der Waals surface area contributed by atoms with Crippen LogP contribution in [-0.4, -0.2) is 39.3 Å². The molecule has 6 heteroatoms. The second-order valence-corrected chi connectivity index (χ2v) is 7.88. The molecule has 3 unspecified atom stereocenters. The maximum absolute atomic E-state index is 12.0. The molecule has 2 aliphatic rings. The van der Waals surface area contributed by atoms with Crippen molar-refractivity contribution >= 4 is 21.6 Å². The number of nitrogens with one attached hydrogen (secondary N) is 1. The lowest BCUT2D eigenvalue weighted by Gasteiger charge is -2.30. The first kappa shape index (κ1) is 15.5. The summed E-state index contributed by atoms with van der Waals surface area (Å²) in [5.74, 6) is 1.59. The monoisotopic (exact) mass is 309 g/mol. The molecule has 2 rings (SSSR count). The zero-order chi connectivity index (χ0) is 13.7. The third kappa shape index (κ3) is 4.88. The van der Waals surface area contributed by atoms with Crippen LogP contribution in [0.4, 0.5) is 0 Å². The quantitative estimate of drug-likeness (QED) is 0.765. The highest BCUT2D eigenvalue weighted by atomic mass is 35.5. The van der Waals surface area contributed by atoms with E-state index in [-0.39, 0.29) is 11.9 Å². The van der Waals surface area contributed by atoms with Crippen molar-refractivity contribution in [2.45, 2.75) is 44.6 Å². The summed E-state index contributed by atoms with van der Waals surface area (Å²) < 4.78 is 32.1. The predicted octanol–water partition coefficient (Wildman–Crippen LogP) is 2.13. The van der Waals surface area contributed by atoms with E-state index in [1.165, 1.54) is 12.8 Å². The molecule has 1 saturated heterocycles. The van der Waals surface area contributed by atoms with Crippen LogP contribution in [0.15, 0.2) is 0 Å². The van der Waals surface area contributed by atoms with E-state index in [0.717, 1.165) is 25.7 Å². The topological polar surface area (TPSA) is 55.4 Å². The second-order valence-electron chi connectivity index (χ2n) is 5.72. The first-order chi connectivity index (χ1) is 9.11. The largest absolute Gasteiger partial charge is 0.377 e. The van der Waals surface area contributed by atoms with Crippen molar-refractivity contribution in [3.8, 4) is 0 Å². The van der Waals surface area contributed by atoms with Crippen molar-refractivity contribution in [3.05, 3.63) is 0 Å². The molecule has 112 valence electrons. The van der Waals surface area contributed by atoms with Gasteiger partial charge in [-0.3, -0.25) is 0 Å². The van der Waals surface area contributed by atoms with Gasteiger partial charge in [-0.2, -0.15) is 0 Å². The number of hydrogen-bond donors (Lipinski definition) is 1. The third-order valence-corrected chi connectivity index (χ3v) is 6.07. The second kappa shape index (κ2) is 7.25. The minimum absolute atomic E-state index is 0.102. The van der Waals surface area contributed by atoms with Crippen LogP contribution in [0.3, 0.4) is 0 Å². The smallest absolute Gasteiger partial charge is 0.214 e. The Hall–Kier alpha value is 0.160. The first-order valence-corrected chi connectivity index (χ1v) is 9.44. The summed E-state index contributed by atoms with van der Waals surface area (Å²) in [5.41, 5.74) is 0. The number of hydrogen-bond acceptors (Lipinski definition) is 3. The number of rotatable bonds is 6. The van der Waals surface area contributed by atoms with Crippen LogP contribution in [0.25, 0.3) is 0 Å². The normalized spacial score (nSPS) is 32.6. The lowest BCUT2D eigenvalue weighted by Crippen LogP contribution is -2.38. The summed E-state index contributed by atoms with van der Waals surface area (Å²) in [5, 5.41) is 0. The van der Waals surface area contributed by atoms with Gasteiger partial charge in [0.15, 0.2) is 0 Å². The molecule has 0 bridgehead atoms. The van der Waals surface area contributed by atoms with E-state index < -0.39 is 10.0 Å². The Morgan fingerprint density at radius 3 is 2.47 bits per heavy atom. The van der Waals surface area contributed by atoms with Crippen molar-refractivity contribution in [1.82, 2.24) is 4.72 Å². The van der Waals surface area contributed by atoms with Crippen molar-refractivity contribution < 1.29 is 13.2 Å². The average Bonchev–Trinajstić information content (AvgIpc) is 2.89. The lowest BCUT2D eigenvalue weighted by atomic mass is 9.80. The van der Waals surface area contributed by atoms with Gasteiger partial charge in [-0.25, -0.2) is 13.1 Å². The molecule has 0 aromatic heterocycles. The van der Waals surface area contributed by atoms with Gasteiger partial charge in [0.1, 0.15) is 0 Å². The summed E-state index contributed by atoms with van der Waals surface area (Å²) in [6.07, 6.45) is 6.32. The van der Waals surface area contributed by atoms with Gasteiger partial charge in [0, 0.05) is 19.0 Å². The Kier molecular flexibility index (Phi) is 5.93. The van der Waals surface area contributed by atoms with Gasteiger partial charge in [0.2, 0.25) is 10.0 Å². The van der Waals surface area contributed by atoms with Crippen molar-refractivity contribution in [1.29, 1.82) is 0 Å². The van der Waals surface area contributed by atoms with Gasteiger partial charge in [0.25, 0.3) is 0 Å². The molecule has 0 radical (unpaired) electrons. The van der Waals surface area contributed by atoms with Crippen molar-refractivity contribution in [2.24, 2.45) is 11.8 Å². The van der Waals surface area contributed by atoms with Crippen LogP contribution in [0.5, 0.6) is 0 Å². The molecule has 1 aliphatic heterocycles. The Labute approximate surface area is 121 Å². The van der Waals surface area contributed by atoms with E-state index in [1.54, 1.807) is 0 Å². The Morgan fingerprint density at radius 2 is 1.84 bits per heavy atom. The van der Waals surface area contributed by atoms with Crippen molar-refractivity contribution in [2.75, 3.05) is 24.8 Å². The first-order valence-electron chi connectivity index (χ1n) is 7.25. The molecule has 2 fully saturated rings. The van der Waals surface area contributed by atoms with Crippen LogP contribution in [-0.2, 0) is 14.8 Å². The summed E-state index contributed by atoms with van der Waals surface area (Å²) in [4.78, 5) is 0. The van der Waals surface area contributed by atoms with Crippen LogP contribution < -0.4 is 4.72 Å². The van der Waals surface area contributed by atoms with E-state index in [2.05, 4.69) is 4.72 Å². The van der Waals surface area contributed by atoms with Crippen LogP contribution in [0.1, 0.15) is 38.5 Å². The molecule has 4 nitrogen and oxygen atoms in total. The molecule has 0 amide bonds. The van der Waals surface area contributed by atoms with Gasteiger partial charge >= 0.3 is 0 Å². The van der Waals surface area contributed by atoms with Gasteiger partial charge in [-0.1, -0.05) is 12.8 Å². The summed E-state index contributed by atoms with van der Waals surface area (Å²) >= 11 is 5.97. The average molecular weight is 310 g/mol. The molecule has 1 saturated carbocycles. The minimum atomic E-state index is -3.21. The molecule has 0 aromatic carbocycles. The zero-order valence-electron chi connectivity index (χ0n) is 11.3. The highest BCUT2D eigenvalue weighted by Gasteiger charge is 2.27. The van der Waals surface area contributed by atoms with E-state index in [0.29, 0.717) is 30.9 Å². The standard InChI is InChI=1S/C13H24ClNO3S/c14-8-11-4-1-2-5-12(11)9-15-19(16,17)10-13-6-3-7-18-13/h11-13,15H,1-10H2. The molecule has 0 spiro atoms. The summed E-state index contributed by atoms with van der Waals surface area (Å²) in [7, 11) is -3.21. The van der Waals surface area contributed by atoms with Crippen molar-refractivity contribution in [3.63, 3.8) is 0 Å². The Bertz CT molecular complexity index is 368. The minimum Gasteiger partial charge on any atom is -0.377 e. The Morgan fingerprint density at radius 1 is 1.11 bits per heavy atom. The number of halogens is 1. The van der Waals surface area contributed by atoms with E-state index in [1.807, 2.05) is 0 Å². The molecular weight excluding hydrogens is 286 g/mol. The van der Waals surface area contributed by atoms with Crippen LogP contribution >= 0.6 is 11.6 Å². The number of alkyl halides is 1. The molecule has 0 aromatic rings. The third-order valence-electron chi connectivity index (χ3n) is 4.26. The molecule has 1 N–H and O–H groups in total. The van der Waals surface area contributed by atoms with E-state index >= 15 is 0 Å². The van der Waals surface area contributed by atoms with Gasteiger partial charge in [0.05, 0.1) is 11.9 Å². The fraction of sp³-hybridized carbons (Fsp3) is 1.00. The molecule has 19 heavy (non-hydrogen) atoms. The van der Waals surface area contributed by atoms with E-state index in [9.17, 15) is 8.42 Å². The van der Waals surface area contributed by atoms with E-state index in [4.69, 9.17) is 16.3 Å². The maximum Gasteiger partial charge on any atom is 0.214 e. The summed E-state index contributed by atoms with van der Waals surface area (Å²) in [6, 6.07) is 0. The highest BCUT2D eigenvalue weighted by Crippen LogP contribution is 2.30. The molecular formula is C13H24ClNO3S. The van der Waals surface area contributed by atoms with Crippen LogP contribution in [0, 0.1) is 11.8 Å². The maximum atomic E-state index is 12.0. The Balaban J connectivity index is 1.79. The number of ether oxygens (including phenoxy) is 1. The molecule has 1 heterocycles. The summed E-state index contributed by atoms with van der Waals surface area (Å²) in [6.45, 7) is 1.23. The highest BCUT2D eigenvalue weighted by molar-refractivity contribution is 7.89. The van der Waals surface area contributed by atoms with Gasteiger partial charge < -0.3 is 4.74 Å². The number of sulfonamides is 1. The zero-order valence-corrected chi connectivity index (χ0v) is 12.9. The van der Waals surface area contributed by atoms with Crippen LogP contribution in [0.2, 0.25) is 0 Å². The fourth-order valence-corrected chi connectivity index (χ4v) is 4.81. The molecule has 3 atom stereocenters. The van der Waals surface area contributed by atoms with Gasteiger partial charge in [-0.05, 0) is 37.5 Å². The fourth-order valence-electron chi connectivity index (χ4n) is 3.07. The predicted molar refractivity (Wildman–Crippen MR) is 76.9 cm³/mol. The molecule has 1 aliphatic carbocycles.